The van der Waals surface area contributed by atoms with Crippen molar-refractivity contribution in [1.29, 1.82) is 0 Å². The summed E-state index contributed by atoms with van der Waals surface area (Å²) in [5.41, 5.74) is 2.40. The second-order valence-electron chi connectivity index (χ2n) is 7.36. The van der Waals surface area contributed by atoms with Crippen molar-refractivity contribution in [3.63, 3.8) is 0 Å². The molecule has 0 radical (unpaired) electrons. The number of sulfone groups is 1. The van der Waals surface area contributed by atoms with Crippen LogP contribution in [0.2, 0.25) is 0 Å². The first-order chi connectivity index (χ1) is 15.3. The molecule has 1 amide bonds. The molecule has 2 aromatic carbocycles. The van der Waals surface area contributed by atoms with E-state index >= 15 is 0 Å². The number of carbonyl (C=O) groups excluding carboxylic acids is 1. The number of hydrogen-bond acceptors (Lipinski definition) is 5. The largest absolute Gasteiger partial charge is 0.380 e. The standard InChI is InChI=1S/C24H25FN2O4S/c1-18(23-9-4-3-7-19(23)16-31-2)27(15-21-8-5-6-14-26-21)24(28)17-32(29,30)22-12-10-20(25)11-13-22/h3-14,18H,15-17H2,1-2H3. The number of halogens is 1. The minimum Gasteiger partial charge on any atom is -0.380 e. The van der Waals surface area contributed by atoms with Gasteiger partial charge in [0.1, 0.15) is 11.6 Å². The Bertz CT molecular complexity index is 1150. The zero-order valence-corrected chi connectivity index (χ0v) is 18.8. The summed E-state index contributed by atoms with van der Waals surface area (Å²) in [6.45, 7) is 2.35. The molecule has 0 spiro atoms. The highest BCUT2D eigenvalue weighted by Gasteiger charge is 2.28. The maximum Gasteiger partial charge on any atom is 0.239 e. The molecule has 1 aromatic heterocycles. The van der Waals surface area contributed by atoms with Crippen LogP contribution in [0, 0.1) is 5.82 Å². The number of ether oxygens (including phenoxy) is 1. The van der Waals surface area contributed by atoms with Gasteiger partial charge < -0.3 is 9.64 Å². The first kappa shape index (κ1) is 23.6. The number of rotatable bonds is 9. The summed E-state index contributed by atoms with van der Waals surface area (Å²) in [6.07, 6.45) is 1.62. The minimum absolute atomic E-state index is 0.0996. The smallest absolute Gasteiger partial charge is 0.239 e. The van der Waals surface area contributed by atoms with Crippen LogP contribution in [0.25, 0.3) is 0 Å². The van der Waals surface area contributed by atoms with Crippen molar-refractivity contribution >= 4 is 15.7 Å². The van der Waals surface area contributed by atoms with Gasteiger partial charge in [-0.15, -0.1) is 0 Å². The van der Waals surface area contributed by atoms with Crippen LogP contribution in [0.3, 0.4) is 0 Å². The van der Waals surface area contributed by atoms with E-state index in [0.717, 1.165) is 23.3 Å². The summed E-state index contributed by atoms with van der Waals surface area (Å²) in [5.74, 6) is -1.85. The third kappa shape index (κ3) is 5.77. The molecule has 0 aliphatic carbocycles. The van der Waals surface area contributed by atoms with E-state index in [-0.39, 0.29) is 11.4 Å². The number of carbonyl (C=O) groups is 1. The molecule has 1 heterocycles. The molecule has 0 aliphatic heterocycles. The quantitative estimate of drug-likeness (QED) is 0.456. The van der Waals surface area contributed by atoms with Gasteiger partial charge >= 0.3 is 0 Å². The van der Waals surface area contributed by atoms with E-state index in [1.165, 1.54) is 17.0 Å². The van der Waals surface area contributed by atoms with E-state index in [1.54, 1.807) is 25.4 Å². The van der Waals surface area contributed by atoms with Crippen molar-refractivity contribution in [3.05, 3.63) is 95.6 Å². The number of amides is 1. The van der Waals surface area contributed by atoms with Crippen LogP contribution < -0.4 is 0 Å². The predicted molar refractivity (Wildman–Crippen MR) is 119 cm³/mol. The first-order valence-corrected chi connectivity index (χ1v) is 11.7. The molecule has 32 heavy (non-hydrogen) atoms. The van der Waals surface area contributed by atoms with Gasteiger partial charge in [0.25, 0.3) is 0 Å². The molecule has 0 aliphatic rings. The Morgan fingerprint density at radius 3 is 2.41 bits per heavy atom. The van der Waals surface area contributed by atoms with Gasteiger partial charge in [0, 0.05) is 13.3 Å². The van der Waals surface area contributed by atoms with Crippen LogP contribution in [-0.4, -0.2) is 37.1 Å². The van der Waals surface area contributed by atoms with Gasteiger partial charge in [0.05, 0.1) is 29.8 Å². The Hall–Kier alpha value is -3.10. The molecule has 3 rings (SSSR count). The number of pyridine rings is 1. The normalized spacial score (nSPS) is 12.3. The summed E-state index contributed by atoms with van der Waals surface area (Å²) in [4.78, 5) is 19.0. The lowest BCUT2D eigenvalue weighted by Gasteiger charge is -2.31. The van der Waals surface area contributed by atoms with Crippen LogP contribution in [0.4, 0.5) is 4.39 Å². The average molecular weight is 457 g/mol. The number of methoxy groups -OCH3 is 1. The van der Waals surface area contributed by atoms with Gasteiger partial charge in [0.15, 0.2) is 9.84 Å². The first-order valence-electron chi connectivity index (χ1n) is 10.1. The maximum absolute atomic E-state index is 13.3. The Balaban J connectivity index is 1.93. The van der Waals surface area contributed by atoms with Gasteiger partial charge in [-0.05, 0) is 54.4 Å². The molecule has 3 aromatic rings. The lowest BCUT2D eigenvalue weighted by molar-refractivity contribution is -0.131. The highest BCUT2D eigenvalue weighted by Crippen LogP contribution is 2.27. The van der Waals surface area contributed by atoms with Crippen molar-refractivity contribution in [1.82, 2.24) is 9.88 Å². The van der Waals surface area contributed by atoms with Crippen molar-refractivity contribution in [2.24, 2.45) is 0 Å². The fourth-order valence-corrected chi connectivity index (χ4v) is 4.68. The molecule has 8 heteroatoms. The SMILES string of the molecule is COCc1ccccc1C(C)N(Cc1ccccn1)C(=O)CS(=O)(=O)c1ccc(F)cc1. The molecule has 0 N–H and O–H groups in total. The zero-order chi connectivity index (χ0) is 23.1. The van der Waals surface area contributed by atoms with Crippen molar-refractivity contribution in [3.8, 4) is 0 Å². The summed E-state index contributed by atoms with van der Waals surface area (Å²) >= 11 is 0. The molecule has 0 bridgehead atoms. The van der Waals surface area contributed by atoms with E-state index in [0.29, 0.717) is 12.3 Å². The van der Waals surface area contributed by atoms with Gasteiger partial charge in [0.2, 0.25) is 5.91 Å². The van der Waals surface area contributed by atoms with Crippen LogP contribution in [0.1, 0.15) is 29.8 Å². The van der Waals surface area contributed by atoms with Crippen molar-refractivity contribution < 1.29 is 22.3 Å². The van der Waals surface area contributed by atoms with Crippen LogP contribution in [0.15, 0.2) is 77.8 Å². The monoisotopic (exact) mass is 456 g/mol. The summed E-state index contributed by atoms with van der Waals surface area (Å²) in [7, 11) is -2.36. The molecule has 6 nitrogen and oxygen atoms in total. The van der Waals surface area contributed by atoms with E-state index in [4.69, 9.17) is 4.74 Å². The van der Waals surface area contributed by atoms with E-state index in [1.807, 2.05) is 37.3 Å². The Morgan fingerprint density at radius 1 is 1.06 bits per heavy atom. The fraction of sp³-hybridized carbons (Fsp3) is 0.250. The van der Waals surface area contributed by atoms with E-state index < -0.39 is 33.4 Å². The third-order valence-corrected chi connectivity index (χ3v) is 6.76. The van der Waals surface area contributed by atoms with Gasteiger partial charge in [-0.3, -0.25) is 9.78 Å². The zero-order valence-electron chi connectivity index (χ0n) is 17.9. The molecule has 168 valence electrons. The van der Waals surface area contributed by atoms with Crippen LogP contribution in [-0.2, 0) is 32.5 Å². The highest BCUT2D eigenvalue weighted by molar-refractivity contribution is 7.92. The lowest BCUT2D eigenvalue weighted by Crippen LogP contribution is -2.38. The number of benzene rings is 2. The second kappa shape index (κ2) is 10.5. The molecular formula is C24H25FN2O4S. The number of aromatic nitrogens is 1. The number of nitrogens with zero attached hydrogens (tertiary/aromatic N) is 2. The Labute approximate surface area is 187 Å². The topological polar surface area (TPSA) is 76.6 Å². The molecule has 0 saturated carbocycles. The predicted octanol–water partition coefficient (Wildman–Crippen LogP) is 3.93. The average Bonchev–Trinajstić information content (AvgIpc) is 2.78. The molecule has 1 atom stereocenters. The van der Waals surface area contributed by atoms with Gasteiger partial charge in [-0.2, -0.15) is 0 Å². The third-order valence-electron chi connectivity index (χ3n) is 5.14. The summed E-state index contributed by atoms with van der Waals surface area (Å²) < 4.78 is 44.2. The van der Waals surface area contributed by atoms with E-state index in [9.17, 15) is 17.6 Å². The molecule has 1 unspecified atom stereocenters. The molecule has 0 saturated heterocycles. The van der Waals surface area contributed by atoms with Crippen molar-refractivity contribution in [2.45, 2.75) is 31.0 Å². The van der Waals surface area contributed by atoms with E-state index in [2.05, 4.69) is 4.98 Å². The van der Waals surface area contributed by atoms with Crippen LogP contribution >= 0.6 is 0 Å². The summed E-state index contributed by atoms with van der Waals surface area (Å²) in [5, 5.41) is 0. The number of hydrogen-bond donors (Lipinski definition) is 0. The Kier molecular flexibility index (Phi) is 7.71. The van der Waals surface area contributed by atoms with Gasteiger partial charge in [-0.25, -0.2) is 12.8 Å². The molecule has 0 fully saturated rings. The second-order valence-corrected chi connectivity index (χ2v) is 9.35. The Morgan fingerprint density at radius 2 is 1.75 bits per heavy atom. The highest BCUT2D eigenvalue weighted by atomic mass is 32.2. The molecular weight excluding hydrogens is 431 g/mol. The van der Waals surface area contributed by atoms with Gasteiger partial charge in [-0.1, -0.05) is 30.3 Å². The van der Waals surface area contributed by atoms with Crippen LogP contribution in [0.5, 0.6) is 0 Å². The summed E-state index contributed by atoms with van der Waals surface area (Å²) in [6, 6.07) is 16.9. The lowest BCUT2D eigenvalue weighted by atomic mass is 10.0. The maximum atomic E-state index is 13.3. The fourth-order valence-electron chi connectivity index (χ4n) is 3.47. The minimum atomic E-state index is -3.95. The van der Waals surface area contributed by atoms with Crippen molar-refractivity contribution in [2.75, 3.05) is 12.9 Å².